The van der Waals surface area contributed by atoms with Crippen molar-refractivity contribution in [3.63, 3.8) is 0 Å². The van der Waals surface area contributed by atoms with Crippen molar-refractivity contribution in [2.75, 3.05) is 5.32 Å². The molecule has 4 aromatic rings. The first-order valence-corrected chi connectivity index (χ1v) is 10.8. The minimum atomic E-state index is -0.647. The average molecular weight is 444 g/mol. The molecule has 0 unspecified atom stereocenters. The zero-order valence-corrected chi connectivity index (χ0v) is 18.5. The molecule has 0 aliphatic carbocycles. The van der Waals surface area contributed by atoms with Crippen LogP contribution in [0.5, 0.6) is 11.5 Å². The van der Waals surface area contributed by atoms with Gasteiger partial charge in [-0.15, -0.1) is 0 Å². The van der Waals surface area contributed by atoms with Gasteiger partial charge >= 0.3 is 0 Å². The van der Waals surface area contributed by atoms with Crippen LogP contribution in [0, 0.1) is 6.92 Å². The van der Waals surface area contributed by atoms with E-state index in [1.165, 1.54) is 10.5 Å². The number of anilines is 1. The maximum atomic E-state index is 12.8. The number of aromatic nitrogens is 2. The van der Waals surface area contributed by atoms with Crippen molar-refractivity contribution in [1.29, 1.82) is 0 Å². The van der Waals surface area contributed by atoms with E-state index in [4.69, 9.17) is 9.47 Å². The quantitative estimate of drug-likeness (QED) is 0.437. The lowest BCUT2D eigenvalue weighted by Crippen LogP contribution is -2.32. The first-order valence-electron chi connectivity index (χ1n) is 10.8. The molecule has 168 valence electrons. The number of nitrogens with one attached hydrogen (secondary N) is 1. The average Bonchev–Trinajstić information content (AvgIpc) is 2.82. The predicted molar refractivity (Wildman–Crippen MR) is 127 cm³/mol. The molecule has 7 heteroatoms. The fourth-order valence-electron chi connectivity index (χ4n) is 3.37. The maximum Gasteiger partial charge on any atom is 0.265 e. The summed E-state index contributed by atoms with van der Waals surface area (Å²) < 4.78 is 13.2. The molecule has 0 bridgehead atoms. The van der Waals surface area contributed by atoms with Gasteiger partial charge in [-0.3, -0.25) is 14.0 Å². The van der Waals surface area contributed by atoms with Gasteiger partial charge in [0.15, 0.2) is 6.10 Å². The first kappa shape index (κ1) is 22.1. The van der Waals surface area contributed by atoms with Crippen LogP contribution in [0.25, 0.3) is 5.65 Å². The number of nitrogens with zero attached hydrogens (tertiary/aromatic N) is 2. The molecule has 33 heavy (non-hydrogen) atoms. The molecule has 7 nitrogen and oxygen atoms in total. The number of fused-ring (bicyclic) bond motifs is 1. The highest BCUT2D eigenvalue weighted by Crippen LogP contribution is 2.25. The fourth-order valence-corrected chi connectivity index (χ4v) is 3.37. The third kappa shape index (κ3) is 5.38. The van der Waals surface area contributed by atoms with Crippen LogP contribution in [0.2, 0.25) is 0 Å². The summed E-state index contributed by atoms with van der Waals surface area (Å²) in [5, 5.41) is 2.89. The SMILES string of the molecule is CC[C@H](Oc1ccccc1)C(=O)Nc1ccccc1OCc1cc(=O)n2ccc(C)cc2n1. The van der Waals surface area contributed by atoms with E-state index in [1.54, 1.807) is 18.3 Å². The Kier molecular flexibility index (Phi) is 6.69. The summed E-state index contributed by atoms with van der Waals surface area (Å²) in [6.07, 6.45) is 1.57. The van der Waals surface area contributed by atoms with Crippen molar-refractivity contribution in [1.82, 2.24) is 9.38 Å². The highest BCUT2D eigenvalue weighted by atomic mass is 16.5. The number of aryl methyl sites for hydroxylation is 1. The molecule has 1 amide bonds. The minimum absolute atomic E-state index is 0.0876. The summed E-state index contributed by atoms with van der Waals surface area (Å²) in [5.41, 5.74) is 2.42. The van der Waals surface area contributed by atoms with Crippen molar-refractivity contribution in [2.24, 2.45) is 0 Å². The van der Waals surface area contributed by atoms with Gasteiger partial charge in [0.1, 0.15) is 23.8 Å². The molecule has 0 saturated heterocycles. The highest BCUT2D eigenvalue weighted by Gasteiger charge is 2.20. The Labute approximate surface area is 191 Å². The molecule has 0 aliphatic heterocycles. The molecular weight excluding hydrogens is 418 g/mol. The Balaban J connectivity index is 1.48. The second-order valence-electron chi connectivity index (χ2n) is 7.62. The van der Waals surface area contributed by atoms with Gasteiger partial charge in [-0.25, -0.2) is 4.98 Å². The van der Waals surface area contributed by atoms with Crippen molar-refractivity contribution in [3.8, 4) is 11.5 Å². The molecule has 0 saturated carbocycles. The highest BCUT2D eigenvalue weighted by molar-refractivity contribution is 5.95. The molecule has 0 aliphatic rings. The number of rotatable bonds is 8. The Hall–Kier alpha value is -4.13. The number of pyridine rings is 1. The second-order valence-corrected chi connectivity index (χ2v) is 7.62. The molecule has 4 rings (SSSR count). The van der Waals surface area contributed by atoms with E-state index in [1.807, 2.05) is 68.4 Å². The van der Waals surface area contributed by atoms with E-state index >= 15 is 0 Å². The summed E-state index contributed by atoms with van der Waals surface area (Å²) >= 11 is 0. The Morgan fingerprint density at radius 2 is 1.82 bits per heavy atom. The van der Waals surface area contributed by atoms with E-state index in [9.17, 15) is 9.59 Å². The molecule has 0 radical (unpaired) electrons. The molecule has 0 spiro atoms. The molecule has 2 aromatic carbocycles. The Morgan fingerprint density at radius 1 is 1.06 bits per heavy atom. The largest absolute Gasteiger partial charge is 0.485 e. The maximum absolute atomic E-state index is 12.8. The molecule has 2 heterocycles. The van der Waals surface area contributed by atoms with Gasteiger partial charge < -0.3 is 14.8 Å². The Morgan fingerprint density at radius 3 is 2.61 bits per heavy atom. The number of hydrogen-bond donors (Lipinski definition) is 1. The van der Waals surface area contributed by atoms with Crippen LogP contribution >= 0.6 is 0 Å². The topological polar surface area (TPSA) is 81.9 Å². The summed E-state index contributed by atoms with van der Waals surface area (Å²) in [5.74, 6) is 0.842. The van der Waals surface area contributed by atoms with E-state index in [-0.39, 0.29) is 18.1 Å². The van der Waals surface area contributed by atoms with Crippen molar-refractivity contribution < 1.29 is 14.3 Å². The zero-order valence-electron chi connectivity index (χ0n) is 18.5. The van der Waals surface area contributed by atoms with Crippen LogP contribution in [0.3, 0.4) is 0 Å². The molecule has 0 fully saturated rings. The van der Waals surface area contributed by atoms with E-state index < -0.39 is 6.10 Å². The second kappa shape index (κ2) is 9.99. The number of benzene rings is 2. The van der Waals surface area contributed by atoms with Crippen molar-refractivity contribution in [3.05, 3.63) is 101 Å². The molecule has 2 aromatic heterocycles. The standard InChI is InChI=1S/C26H25N3O4/c1-3-22(33-20-9-5-4-6-10-20)26(31)28-21-11-7-8-12-23(21)32-17-19-16-25(30)29-14-13-18(2)15-24(29)27-19/h4-16,22H,3,17H2,1-2H3,(H,28,31)/t22-/m0/s1. The van der Waals surface area contributed by atoms with Crippen molar-refractivity contribution in [2.45, 2.75) is 33.0 Å². The summed E-state index contributed by atoms with van der Waals surface area (Å²) in [4.78, 5) is 29.8. The molecule has 1 atom stereocenters. The van der Waals surface area contributed by atoms with E-state index in [0.29, 0.717) is 34.9 Å². The van der Waals surface area contributed by atoms with Crippen LogP contribution in [0.15, 0.2) is 83.8 Å². The van der Waals surface area contributed by atoms with Gasteiger partial charge in [-0.05, 0) is 55.3 Å². The third-order valence-electron chi connectivity index (χ3n) is 5.08. The number of amides is 1. The summed E-state index contributed by atoms with van der Waals surface area (Å²) in [6, 6.07) is 21.5. The van der Waals surface area contributed by atoms with Gasteiger partial charge in [-0.1, -0.05) is 37.3 Å². The lowest BCUT2D eigenvalue weighted by Gasteiger charge is -2.18. The van der Waals surface area contributed by atoms with E-state index in [0.717, 1.165) is 5.56 Å². The normalized spacial score (nSPS) is 11.7. The molecular formula is C26H25N3O4. The van der Waals surface area contributed by atoms with Gasteiger partial charge in [-0.2, -0.15) is 0 Å². The zero-order chi connectivity index (χ0) is 23.2. The predicted octanol–water partition coefficient (Wildman–Crippen LogP) is 4.38. The number of para-hydroxylation sites is 3. The van der Waals surface area contributed by atoms with Crippen molar-refractivity contribution >= 4 is 17.2 Å². The lowest BCUT2D eigenvalue weighted by molar-refractivity contribution is -0.122. The third-order valence-corrected chi connectivity index (χ3v) is 5.08. The fraction of sp³-hybridized carbons (Fsp3) is 0.192. The number of carbonyl (C=O) groups excluding carboxylic acids is 1. The van der Waals surface area contributed by atoms with Gasteiger partial charge in [0.05, 0.1) is 11.4 Å². The summed E-state index contributed by atoms with van der Waals surface area (Å²) in [7, 11) is 0. The van der Waals surface area contributed by atoms with Gasteiger partial charge in [0.25, 0.3) is 11.5 Å². The number of ether oxygens (including phenoxy) is 2. The van der Waals surface area contributed by atoms with Gasteiger partial charge in [0.2, 0.25) is 0 Å². The van der Waals surface area contributed by atoms with Crippen LogP contribution in [0.1, 0.15) is 24.6 Å². The van der Waals surface area contributed by atoms with Crippen LogP contribution in [0.4, 0.5) is 5.69 Å². The first-order chi connectivity index (χ1) is 16.0. The lowest BCUT2D eigenvalue weighted by atomic mass is 10.2. The van der Waals surface area contributed by atoms with Crippen LogP contribution < -0.4 is 20.3 Å². The molecule has 1 N–H and O–H groups in total. The number of carbonyl (C=O) groups is 1. The minimum Gasteiger partial charge on any atom is -0.485 e. The monoisotopic (exact) mass is 443 g/mol. The van der Waals surface area contributed by atoms with E-state index in [2.05, 4.69) is 10.3 Å². The van der Waals surface area contributed by atoms with Crippen LogP contribution in [-0.4, -0.2) is 21.4 Å². The smallest absolute Gasteiger partial charge is 0.265 e. The summed E-state index contributed by atoms with van der Waals surface area (Å²) in [6.45, 7) is 3.92. The Bertz CT molecular complexity index is 1320. The van der Waals surface area contributed by atoms with Gasteiger partial charge in [0, 0.05) is 12.3 Å². The number of hydrogen-bond acceptors (Lipinski definition) is 5. The van der Waals surface area contributed by atoms with Crippen LogP contribution in [-0.2, 0) is 11.4 Å².